The summed E-state index contributed by atoms with van der Waals surface area (Å²) in [4.78, 5) is 11.8. The summed E-state index contributed by atoms with van der Waals surface area (Å²) in [5.74, 6) is 1.99. The van der Waals surface area contributed by atoms with E-state index >= 15 is 0 Å². The molecule has 0 aromatic carbocycles. The second kappa shape index (κ2) is 5.18. The Morgan fingerprint density at radius 2 is 2.24 bits per heavy atom. The van der Waals surface area contributed by atoms with E-state index in [1.807, 2.05) is 6.08 Å². The molecule has 0 radical (unpaired) electrons. The van der Waals surface area contributed by atoms with Crippen LogP contribution in [0.1, 0.15) is 13.8 Å². The standard InChI is InChI=1S/C11H15N3OS2/c1-4-5-16-11-14-13-10(17-11)12-9(15)8-6(2)7(8)3/h4,6-8H,1,5H2,2-3H3,(H,12,13,15)/t6-,7-/m1/s1. The van der Waals surface area contributed by atoms with E-state index < -0.39 is 0 Å². The zero-order valence-electron chi connectivity index (χ0n) is 9.84. The third-order valence-electron chi connectivity index (χ3n) is 3.09. The molecule has 1 amide bonds. The van der Waals surface area contributed by atoms with Gasteiger partial charge in [0.2, 0.25) is 11.0 Å². The molecule has 0 spiro atoms. The molecular weight excluding hydrogens is 254 g/mol. The molecule has 1 aliphatic rings. The minimum atomic E-state index is 0.0708. The molecular formula is C11H15N3OS2. The fraction of sp³-hybridized carbons (Fsp3) is 0.545. The normalized spacial score (nSPS) is 26.6. The molecule has 1 aromatic heterocycles. The molecule has 0 aliphatic heterocycles. The average molecular weight is 269 g/mol. The lowest BCUT2D eigenvalue weighted by Crippen LogP contribution is -2.14. The predicted molar refractivity (Wildman–Crippen MR) is 71.3 cm³/mol. The second-order valence-corrected chi connectivity index (χ2v) is 6.45. The van der Waals surface area contributed by atoms with Gasteiger partial charge in [0.1, 0.15) is 0 Å². The summed E-state index contributed by atoms with van der Waals surface area (Å²) < 4.78 is 0.858. The third-order valence-corrected chi connectivity index (χ3v) is 5.05. The Balaban J connectivity index is 1.88. The molecule has 2 rings (SSSR count). The van der Waals surface area contributed by atoms with Gasteiger partial charge in [-0.2, -0.15) is 0 Å². The summed E-state index contributed by atoms with van der Waals surface area (Å²) in [7, 11) is 0. The van der Waals surface area contributed by atoms with Gasteiger partial charge in [0.05, 0.1) is 0 Å². The fourth-order valence-corrected chi connectivity index (χ4v) is 3.29. The minimum Gasteiger partial charge on any atom is -0.300 e. The van der Waals surface area contributed by atoms with E-state index in [1.54, 1.807) is 11.8 Å². The molecule has 92 valence electrons. The van der Waals surface area contributed by atoms with Crippen LogP contribution in [0.15, 0.2) is 17.0 Å². The van der Waals surface area contributed by atoms with Gasteiger partial charge in [0, 0.05) is 11.7 Å². The fourth-order valence-electron chi connectivity index (χ4n) is 1.78. The molecule has 1 N–H and O–H groups in total. The Kier molecular flexibility index (Phi) is 3.83. The molecule has 0 bridgehead atoms. The number of hydrogen-bond acceptors (Lipinski definition) is 5. The van der Waals surface area contributed by atoms with Crippen LogP contribution in [0.25, 0.3) is 0 Å². The first-order valence-electron chi connectivity index (χ1n) is 5.51. The van der Waals surface area contributed by atoms with Crippen LogP contribution < -0.4 is 5.32 Å². The number of carbonyl (C=O) groups is 1. The first-order valence-corrected chi connectivity index (χ1v) is 7.31. The van der Waals surface area contributed by atoms with Crippen molar-refractivity contribution in [3.05, 3.63) is 12.7 Å². The predicted octanol–water partition coefficient (Wildman–Crippen LogP) is 2.66. The zero-order chi connectivity index (χ0) is 12.4. The van der Waals surface area contributed by atoms with E-state index in [9.17, 15) is 4.79 Å². The molecule has 0 saturated heterocycles. The maximum atomic E-state index is 11.8. The van der Waals surface area contributed by atoms with Crippen molar-refractivity contribution < 1.29 is 4.79 Å². The van der Waals surface area contributed by atoms with Crippen LogP contribution in [0.2, 0.25) is 0 Å². The number of hydrogen-bond donors (Lipinski definition) is 1. The number of amides is 1. The van der Waals surface area contributed by atoms with E-state index in [4.69, 9.17) is 0 Å². The van der Waals surface area contributed by atoms with Crippen molar-refractivity contribution >= 4 is 34.1 Å². The summed E-state index contributed by atoms with van der Waals surface area (Å²) in [6.07, 6.45) is 1.82. The van der Waals surface area contributed by atoms with E-state index in [2.05, 4.69) is 35.9 Å². The molecule has 2 atom stereocenters. The summed E-state index contributed by atoms with van der Waals surface area (Å²) in [5, 5.41) is 11.4. The second-order valence-electron chi connectivity index (χ2n) is 4.21. The van der Waals surface area contributed by atoms with E-state index in [-0.39, 0.29) is 11.8 Å². The molecule has 1 saturated carbocycles. The Hall–Kier alpha value is -0.880. The van der Waals surface area contributed by atoms with Crippen LogP contribution >= 0.6 is 23.1 Å². The van der Waals surface area contributed by atoms with E-state index in [0.717, 1.165) is 10.1 Å². The maximum Gasteiger partial charge on any atom is 0.229 e. The lowest BCUT2D eigenvalue weighted by atomic mass is 10.3. The minimum absolute atomic E-state index is 0.0708. The van der Waals surface area contributed by atoms with Gasteiger partial charge in [-0.05, 0) is 11.8 Å². The van der Waals surface area contributed by atoms with Gasteiger partial charge in [0.25, 0.3) is 0 Å². The van der Waals surface area contributed by atoms with E-state index in [1.165, 1.54) is 11.3 Å². The van der Waals surface area contributed by atoms with Crippen molar-refractivity contribution in [1.29, 1.82) is 0 Å². The van der Waals surface area contributed by atoms with Crippen LogP contribution in [0.3, 0.4) is 0 Å². The molecule has 17 heavy (non-hydrogen) atoms. The number of aromatic nitrogens is 2. The van der Waals surface area contributed by atoms with Gasteiger partial charge in [0.15, 0.2) is 4.34 Å². The Morgan fingerprint density at radius 3 is 2.82 bits per heavy atom. The zero-order valence-corrected chi connectivity index (χ0v) is 11.5. The maximum absolute atomic E-state index is 11.8. The Morgan fingerprint density at radius 1 is 1.53 bits per heavy atom. The molecule has 1 aliphatic carbocycles. The van der Waals surface area contributed by atoms with Gasteiger partial charge in [-0.15, -0.1) is 16.8 Å². The van der Waals surface area contributed by atoms with Crippen molar-refractivity contribution in [1.82, 2.24) is 10.2 Å². The molecule has 4 nitrogen and oxygen atoms in total. The van der Waals surface area contributed by atoms with Gasteiger partial charge < -0.3 is 5.32 Å². The van der Waals surface area contributed by atoms with Gasteiger partial charge in [-0.1, -0.05) is 43.0 Å². The van der Waals surface area contributed by atoms with Crippen LogP contribution in [0.5, 0.6) is 0 Å². The van der Waals surface area contributed by atoms with Crippen LogP contribution in [0, 0.1) is 17.8 Å². The summed E-state index contributed by atoms with van der Waals surface area (Å²) >= 11 is 2.98. The molecule has 0 unspecified atom stereocenters. The first kappa shape index (κ1) is 12.6. The van der Waals surface area contributed by atoms with Crippen molar-refractivity contribution in [2.45, 2.75) is 18.2 Å². The number of rotatable bonds is 5. The lowest BCUT2D eigenvalue weighted by molar-refractivity contribution is -0.117. The topological polar surface area (TPSA) is 54.9 Å². The Bertz CT molecular complexity index is 424. The molecule has 1 heterocycles. The number of carbonyl (C=O) groups excluding carboxylic acids is 1. The summed E-state index contributed by atoms with van der Waals surface area (Å²) in [6.45, 7) is 7.84. The highest BCUT2D eigenvalue weighted by Crippen LogP contribution is 2.46. The highest BCUT2D eigenvalue weighted by molar-refractivity contribution is 8.01. The van der Waals surface area contributed by atoms with E-state index in [0.29, 0.717) is 17.0 Å². The largest absolute Gasteiger partial charge is 0.300 e. The van der Waals surface area contributed by atoms with Crippen molar-refractivity contribution in [3.63, 3.8) is 0 Å². The van der Waals surface area contributed by atoms with Crippen LogP contribution in [-0.2, 0) is 4.79 Å². The Labute approximate surface area is 109 Å². The molecule has 1 aromatic rings. The van der Waals surface area contributed by atoms with Crippen LogP contribution in [0.4, 0.5) is 5.13 Å². The third kappa shape index (κ3) is 2.87. The lowest BCUT2D eigenvalue weighted by Gasteiger charge is -1.97. The van der Waals surface area contributed by atoms with Gasteiger partial charge >= 0.3 is 0 Å². The smallest absolute Gasteiger partial charge is 0.229 e. The average Bonchev–Trinajstić information content (AvgIpc) is 2.73. The first-order chi connectivity index (χ1) is 8.13. The number of anilines is 1. The summed E-state index contributed by atoms with van der Waals surface area (Å²) in [6, 6.07) is 0. The number of thioether (sulfide) groups is 1. The van der Waals surface area contributed by atoms with Crippen molar-refractivity contribution in [2.75, 3.05) is 11.1 Å². The highest BCUT2D eigenvalue weighted by atomic mass is 32.2. The van der Waals surface area contributed by atoms with Crippen molar-refractivity contribution in [2.24, 2.45) is 17.8 Å². The van der Waals surface area contributed by atoms with Crippen molar-refractivity contribution in [3.8, 4) is 0 Å². The van der Waals surface area contributed by atoms with Gasteiger partial charge in [-0.25, -0.2) is 0 Å². The quantitative estimate of drug-likeness (QED) is 0.507. The van der Waals surface area contributed by atoms with Crippen LogP contribution in [-0.4, -0.2) is 21.9 Å². The molecule has 6 heteroatoms. The number of nitrogens with one attached hydrogen (secondary N) is 1. The monoisotopic (exact) mass is 269 g/mol. The van der Waals surface area contributed by atoms with Gasteiger partial charge in [-0.3, -0.25) is 4.79 Å². The SMILES string of the molecule is C=CCSc1nnc(NC(=O)C2[C@H](C)[C@H]2C)s1. The number of nitrogens with zero attached hydrogens (tertiary/aromatic N) is 2. The summed E-state index contributed by atoms with van der Waals surface area (Å²) in [5.41, 5.74) is 0. The molecule has 1 fully saturated rings. The highest BCUT2D eigenvalue weighted by Gasteiger charge is 2.48.